The Morgan fingerprint density at radius 3 is 2.33 bits per heavy atom. The zero-order valence-electron chi connectivity index (χ0n) is 24.8. The van der Waals surface area contributed by atoms with Gasteiger partial charge in [0.2, 0.25) is 5.91 Å². The summed E-state index contributed by atoms with van der Waals surface area (Å²) in [6, 6.07) is 14.4. The highest BCUT2D eigenvalue weighted by Crippen LogP contribution is 2.31. The molecule has 228 valence electrons. The van der Waals surface area contributed by atoms with Gasteiger partial charge in [-0.25, -0.2) is 4.98 Å². The summed E-state index contributed by atoms with van der Waals surface area (Å²) in [5, 5.41) is 6.58. The zero-order chi connectivity index (χ0) is 30.9. The summed E-state index contributed by atoms with van der Waals surface area (Å²) in [5.74, 6) is 0.192. The fourth-order valence-electron chi connectivity index (χ4n) is 4.63. The Kier molecular flexibility index (Phi) is 11.3. The normalized spacial score (nSPS) is 14.0. The third kappa shape index (κ3) is 8.88. The number of carbonyl (C=O) groups excluding carboxylic acids is 4. The van der Waals surface area contributed by atoms with Crippen molar-refractivity contribution in [3.8, 4) is 0 Å². The maximum absolute atomic E-state index is 13.0. The van der Waals surface area contributed by atoms with E-state index in [-0.39, 0.29) is 29.6 Å². The quantitative estimate of drug-likeness (QED) is 0.240. The summed E-state index contributed by atoms with van der Waals surface area (Å²) in [7, 11) is 1.38. The van der Waals surface area contributed by atoms with Crippen LogP contribution in [0.3, 0.4) is 0 Å². The second-order valence-corrected chi connectivity index (χ2v) is 12.9. The molecule has 1 aromatic heterocycles. The molecule has 0 unspecified atom stereocenters. The predicted octanol–water partition coefficient (Wildman–Crippen LogP) is 4.28. The Morgan fingerprint density at radius 2 is 1.67 bits per heavy atom. The summed E-state index contributed by atoms with van der Waals surface area (Å²) in [4.78, 5) is 57.2. The van der Waals surface area contributed by atoms with Gasteiger partial charge in [0, 0.05) is 56.5 Å². The number of thioether (sulfide) groups is 1. The molecule has 1 atom stereocenters. The number of carbonyl (C=O) groups is 4. The molecule has 0 radical (unpaired) electrons. The highest BCUT2D eigenvalue weighted by atomic mass is 32.2. The molecule has 2 aromatic carbocycles. The third-order valence-electron chi connectivity index (χ3n) is 7.14. The van der Waals surface area contributed by atoms with Crippen LogP contribution in [-0.4, -0.2) is 77.8 Å². The molecule has 3 amide bonds. The predicted molar refractivity (Wildman–Crippen MR) is 168 cm³/mol. The van der Waals surface area contributed by atoms with Crippen molar-refractivity contribution in [1.29, 1.82) is 0 Å². The van der Waals surface area contributed by atoms with E-state index in [1.807, 2.05) is 50.2 Å². The number of hydrogen-bond acceptors (Lipinski definition) is 9. The van der Waals surface area contributed by atoms with Crippen molar-refractivity contribution in [3.05, 3.63) is 77.0 Å². The van der Waals surface area contributed by atoms with Gasteiger partial charge in [-0.1, -0.05) is 49.4 Å². The molecule has 3 aromatic rings. The lowest BCUT2D eigenvalue weighted by molar-refractivity contribution is -0.144. The van der Waals surface area contributed by atoms with Crippen LogP contribution < -0.4 is 10.6 Å². The summed E-state index contributed by atoms with van der Waals surface area (Å²) in [5.41, 5.74) is 3.10. The Balaban J connectivity index is 1.26. The summed E-state index contributed by atoms with van der Waals surface area (Å²) in [6.45, 7) is 8.11. The van der Waals surface area contributed by atoms with Crippen molar-refractivity contribution in [1.82, 2.24) is 20.1 Å². The van der Waals surface area contributed by atoms with E-state index in [0.717, 1.165) is 15.3 Å². The third-order valence-corrected chi connectivity index (χ3v) is 9.31. The van der Waals surface area contributed by atoms with Gasteiger partial charge in [-0.3, -0.25) is 24.5 Å². The number of aromatic nitrogens is 1. The molecule has 1 fully saturated rings. The number of hydrogen-bond donors (Lipinski definition) is 2. The van der Waals surface area contributed by atoms with Gasteiger partial charge in [-0.2, -0.15) is 0 Å². The molecule has 2 N–H and O–H groups in total. The molecule has 43 heavy (non-hydrogen) atoms. The van der Waals surface area contributed by atoms with Crippen LogP contribution in [0.5, 0.6) is 0 Å². The number of nitrogens with zero attached hydrogens (tertiary/aromatic N) is 3. The van der Waals surface area contributed by atoms with Gasteiger partial charge in [0.25, 0.3) is 11.8 Å². The van der Waals surface area contributed by atoms with E-state index in [9.17, 15) is 19.2 Å². The van der Waals surface area contributed by atoms with Gasteiger partial charge in [0.15, 0.2) is 5.13 Å². The van der Waals surface area contributed by atoms with E-state index in [4.69, 9.17) is 4.74 Å². The topological polar surface area (TPSA) is 121 Å². The first-order valence-electron chi connectivity index (χ1n) is 14.1. The molecule has 0 bridgehead atoms. The average Bonchev–Trinajstić information content (AvgIpc) is 3.47. The first-order chi connectivity index (χ1) is 20.6. The lowest BCUT2D eigenvalue weighted by Crippen LogP contribution is -2.50. The van der Waals surface area contributed by atoms with Crippen LogP contribution in [0.25, 0.3) is 0 Å². The molecule has 2 heterocycles. The second kappa shape index (κ2) is 15.1. The summed E-state index contributed by atoms with van der Waals surface area (Å²) >= 11 is 2.98. The molecule has 1 aliphatic heterocycles. The van der Waals surface area contributed by atoms with E-state index in [0.29, 0.717) is 54.7 Å². The van der Waals surface area contributed by atoms with Gasteiger partial charge < -0.3 is 19.9 Å². The molecule has 4 rings (SSSR count). The summed E-state index contributed by atoms with van der Waals surface area (Å²) < 4.78 is 5.81. The molecule has 0 aliphatic carbocycles. The van der Waals surface area contributed by atoms with Gasteiger partial charge in [-0.15, -0.1) is 11.8 Å². The Labute approximate surface area is 260 Å². The van der Waals surface area contributed by atoms with Crippen molar-refractivity contribution in [2.24, 2.45) is 5.92 Å². The van der Waals surface area contributed by atoms with Crippen LogP contribution in [0.1, 0.15) is 52.6 Å². The molecular formula is C31H37N5O5S2. The average molecular weight is 624 g/mol. The Bertz CT molecular complexity index is 1430. The van der Waals surface area contributed by atoms with Gasteiger partial charge in [0.05, 0.1) is 17.5 Å². The minimum absolute atomic E-state index is 0.0249. The maximum atomic E-state index is 13.0. The highest BCUT2D eigenvalue weighted by Gasteiger charge is 2.24. The van der Waals surface area contributed by atoms with E-state index >= 15 is 0 Å². The van der Waals surface area contributed by atoms with Crippen molar-refractivity contribution in [2.45, 2.75) is 43.3 Å². The number of methoxy groups -OCH3 is 1. The van der Waals surface area contributed by atoms with Crippen LogP contribution in [-0.2, 0) is 26.6 Å². The first kappa shape index (κ1) is 32.2. The fraction of sp³-hybridized carbons (Fsp3) is 0.387. The van der Waals surface area contributed by atoms with Crippen LogP contribution in [0, 0.1) is 5.92 Å². The summed E-state index contributed by atoms with van der Waals surface area (Å²) in [6.07, 6.45) is 1.73. The molecular weight excluding hydrogens is 587 g/mol. The van der Waals surface area contributed by atoms with Crippen LogP contribution >= 0.6 is 23.1 Å². The number of ether oxygens (including phenoxy) is 1. The van der Waals surface area contributed by atoms with Crippen LogP contribution in [0.2, 0.25) is 0 Å². The lowest BCUT2D eigenvalue weighted by Gasteiger charge is -2.34. The number of anilines is 1. The highest BCUT2D eigenvalue weighted by molar-refractivity contribution is 8.00. The Morgan fingerprint density at radius 1 is 0.977 bits per heavy atom. The number of amides is 3. The second-order valence-electron chi connectivity index (χ2n) is 10.5. The van der Waals surface area contributed by atoms with Crippen molar-refractivity contribution >= 4 is 51.9 Å². The van der Waals surface area contributed by atoms with Crippen molar-refractivity contribution < 1.29 is 23.9 Å². The SMILES string of the molecule is COC(=O)[C@@H](NCc1ccc(C(=O)Nc2ncc(SCc3cccc(C(=O)N4CCN(C(C)=O)CC4)c3)s2)cc1)C(C)C. The van der Waals surface area contributed by atoms with Gasteiger partial charge in [-0.05, 0) is 41.3 Å². The number of piperazine rings is 1. The Hall–Kier alpha value is -3.74. The monoisotopic (exact) mass is 623 g/mol. The molecule has 12 heteroatoms. The van der Waals surface area contributed by atoms with Crippen molar-refractivity contribution in [2.75, 3.05) is 38.6 Å². The zero-order valence-corrected chi connectivity index (χ0v) is 26.4. The number of rotatable bonds is 11. The maximum Gasteiger partial charge on any atom is 0.323 e. The van der Waals surface area contributed by atoms with Crippen LogP contribution in [0.4, 0.5) is 5.13 Å². The smallest absolute Gasteiger partial charge is 0.323 e. The lowest BCUT2D eigenvalue weighted by atomic mass is 10.0. The fourth-order valence-corrected chi connectivity index (χ4v) is 6.44. The van der Waals surface area contributed by atoms with E-state index in [1.165, 1.54) is 18.4 Å². The molecule has 10 nitrogen and oxygen atoms in total. The van der Waals surface area contributed by atoms with Gasteiger partial charge >= 0.3 is 5.97 Å². The standard InChI is InChI=1S/C31H37N5O5S2/c1-20(2)27(30(40)41-4)32-17-22-8-10-24(11-9-22)28(38)34-31-33-18-26(43-31)42-19-23-6-5-7-25(16-23)29(39)36-14-12-35(13-15-36)21(3)37/h5-11,16,18,20,27,32H,12-15,17,19H2,1-4H3,(H,33,34,38)/t27-/m0/s1. The van der Waals surface area contributed by atoms with E-state index in [2.05, 4.69) is 15.6 Å². The van der Waals surface area contributed by atoms with E-state index in [1.54, 1.807) is 46.8 Å². The number of benzene rings is 2. The molecule has 0 saturated carbocycles. The van der Waals surface area contributed by atoms with Gasteiger partial charge in [0.1, 0.15) is 6.04 Å². The van der Waals surface area contributed by atoms with E-state index < -0.39 is 6.04 Å². The molecule has 1 saturated heterocycles. The molecule has 0 spiro atoms. The number of thiazole rings is 1. The van der Waals surface area contributed by atoms with Crippen LogP contribution in [0.15, 0.2) is 58.9 Å². The van der Waals surface area contributed by atoms with Crippen molar-refractivity contribution in [3.63, 3.8) is 0 Å². The minimum Gasteiger partial charge on any atom is -0.468 e. The first-order valence-corrected chi connectivity index (χ1v) is 15.9. The number of esters is 1. The number of nitrogens with one attached hydrogen (secondary N) is 2. The largest absolute Gasteiger partial charge is 0.468 e. The minimum atomic E-state index is -0.405. The molecule has 1 aliphatic rings.